The van der Waals surface area contributed by atoms with Crippen molar-refractivity contribution in [2.75, 3.05) is 49.5 Å². The molecule has 95 heavy (non-hydrogen) atoms. The van der Waals surface area contributed by atoms with Crippen LogP contribution in [0.4, 0.5) is 0 Å². The molecule has 1 spiro atoms. The third-order valence-corrected chi connectivity index (χ3v) is 24.4. The first-order valence-electron chi connectivity index (χ1n) is 35.4. The second-order valence-electron chi connectivity index (χ2n) is 29.8. The highest BCUT2D eigenvalue weighted by Gasteiger charge is 2.66. The molecule has 8 aliphatic heterocycles. The minimum absolute atomic E-state index is 0.0207. The molecular weight excluding hydrogens is 1240 g/mol. The Morgan fingerprint density at radius 2 is 1.12 bits per heavy atom. The molecule has 0 amide bonds. The molecule has 7 saturated heterocycles. The number of ketones is 1. The quantitative estimate of drug-likeness (QED) is 0.121. The number of allylic oxidation sites excluding steroid dienone is 1. The molecule has 0 bridgehead atoms. The van der Waals surface area contributed by atoms with E-state index in [2.05, 4.69) is 19.9 Å². The predicted octanol–water partition coefficient (Wildman–Crippen LogP) is 7.19. The van der Waals surface area contributed by atoms with E-state index in [1.165, 1.54) is 12.7 Å². The van der Waals surface area contributed by atoms with Crippen LogP contribution in [0.3, 0.4) is 0 Å². The van der Waals surface area contributed by atoms with Crippen LogP contribution in [0.5, 0.6) is 0 Å². The van der Waals surface area contributed by atoms with Gasteiger partial charge in [0, 0.05) is 73.1 Å². The smallest absolute Gasteiger partial charge is 0.288 e. The van der Waals surface area contributed by atoms with Gasteiger partial charge in [0.05, 0.1) is 111 Å². The summed E-state index contributed by atoms with van der Waals surface area (Å²) in [6.45, 7) is 20.0. The number of carbonyl (C=O) groups excluding carboxylic acids is 1. The molecule has 0 aromatic rings. The Morgan fingerprint density at radius 1 is 0.579 bits per heavy atom. The molecule has 12 aliphatic rings. The highest BCUT2D eigenvalue weighted by atomic mass is 16.9. The minimum atomic E-state index is -1.54. The zero-order valence-corrected chi connectivity index (χ0v) is 58.9. The number of carbonyl (C=O) groups is 1. The van der Waals surface area contributed by atoms with Crippen LogP contribution in [0.1, 0.15) is 159 Å². The molecule has 10 fully saturated rings. The zero-order valence-electron chi connectivity index (χ0n) is 58.9. The third-order valence-electron chi connectivity index (χ3n) is 24.4. The van der Waals surface area contributed by atoms with Crippen LogP contribution in [-0.2, 0) is 109 Å². The topological polar surface area (TPSA) is 261 Å². The number of Topliss-reactive ketones (excluding diaryl/α,β-unsaturated/α-hetero) is 1. The van der Waals surface area contributed by atoms with Gasteiger partial charge in [-0.2, -0.15) is 0 Å². The van der Waals surface area contributed by atoms with Crippen LogP contribution < -0.4 is 0 Å². The Morgan fingerprint density at radius 3 is 1.68 bits per heavy atom. The lowest BCUT2D eigenvalue weighted by Gasteiger charge is -2.59. The van der Waals surface area contributed by atoms with E-state index in [0.29, 0.717) is 62.0 Å². The summed E-state index contributed by atoms with van der Waals surface area (Å²) in [6.07, 6.45) is -0.971. The summed E-state index contributed by atoms with van der Waals surface area (Å²) in [5, 5.41) is 23.5. The van der Waals surface area contributed by atoms with Crippen LogP contribution in [-0.4, -0.2) is 243 Å². The molecule has 34 atom stereocenters. The number of rotatable bonds is 19. The summed E-state index contributed by atoms with van der Waals surface area (Å²) in [7, 11) is 9.65. The number of fused-ring (bicyclic) bond motifs is 6. The van der Waals surface area contributed by atoms with E-state index in [1.54, 1.807) is 48.5 Å². The fourth-order valence-electron chi connectivity index (χ4n) is 19.0. The Kier molecular flexibility index (Phi) is 22.8. The van der Waals surface area contributed by atoms with E-state index in [9.17, 15) is 15.0 Å². The Hall–Kier alpha value is -1.97. The van der Waals surface area contributed by atoms with Crippen molar-refractivity contribution in [3.05, 3.63) is 23.5 Å². The average Bonchev–Trinajstić information content (AvgIpc) is 1.63. The first-order valence-corrected chi connectivity index (χ1v) is 35.4. The molecule has 2 N–H and O–H groups in total. The molecule has 25 nitrogen and oxygen atoms in total. The van der Waals surface area contributed by atoms with E-state index in [4.69, 9.17) is 104 Å². The third kappa shape index (κ3) is 14.3. The number of ether oxygens (including phenoxy) is 22. The molecular formula is C70H112O25. The molecule has 0 radical (unpaired) electrons. The molecule has 3 saturated carbocycles. The van der Waals surface area contributed by atoms with E-state index in [-0.39, 0.29) is 48.1 Å². The molecule has 0 aromatic heterocycles. The summed E-state index contributed by atoms with van der Waals surface area (Å²) in [5.41, 5.74) is 0.0125. The molecule has 0 aromatic carbocycles. The van der Waals surface area contributed by atoms with Crippen LogP contribution in [0.2, 0.25) is 0 Å². The Labute approximate surface area is 561 Å². The van der Waals surface area contributed by atoms with Crippen molar-refractivity contribution in [2.45, 2.75) is 337 Å². The second-order valence-corrected chi connectivity index (χ2v) is 29.8. The van der Waals surface area contributed by atoms with Gasteiger partial charge in [0.15, 0.2) is 44.0 Å². The van der Waals surface area contributed by atoms with Gasteiger partial charge in [-0.05, 0) is 136 Å². The lowest BCUT2D eigenvalue weighted by Crippen LogP contribution is -2.62. The fourth-order valence-corrected chi connectivity index (χ4v) is 19.0. The normalized spacial score (nSPS) is 51.5. The van der Waals surface area contributed by atoms with Gasteiger partial charge < -0.3 is 114 Å². The summed E-state index contributed by atoms with van der Waals surface area (Å²) < 4.78 is 140. The van der Waals surface area contributed by atoms with Gasteiger partial charge in [-0.15, -0.1) is 0 Å². The average molecular weight is 1350 g/mol. The van der Waals surface area contributed by atoms with Crippen molar-refractivity contribution in [3.63, 3.8) is 0 Å². The van der Waals surface area contributed by atoms with E-state index in [1.807, 2.05) is 48.5 Å². The second kappa shape index (κ2) is 29.8. The number of aliphatic hydroxyl groups is 2. The van der Waals surface area contributed by atoms with Crippen molar-refractivity contribution in [2.24, 2.45) is 28.6 Å². The van der Waals surface area contributed by atoms with E-state index < -0.39 is 159 Å². The lowest BCUT2D eigenvalue weighted by molar-refractivity contribution is -0.447. The van der Waals surface area contributed by atoms with Crippen molar-refractivity contribution in [1.82, 2.24) is 0 Å². The van der Waals surface area contributed by atoms with Gasteiger partial charge in [-0.25, -0.2) is 0 Å². The first-order chi connectivity index (χ1) is 45.4. The van der Waals surface area contributed by atoms with Gasteiger partial charge in [0.1, 0.15) is 36.6 Å². The first kappa shape index (κ1) is 72.8. The maximum atomic E-state index is 13.1. The number of hydrogen-bond donors (Lipinski definition) is 2. The van der Waals surface area contributed by atoms with Crippen molar-refractivity contribution < 1.29 is 119 Å². The van der Waals surface area contributed by atoms with E-state index >= 15 is 0 Å². The maximum Gasteiger partial charge on any atom is 0.288 e. The molecule has 25 heteroatoms. The molecule has 542 valence electrons. The maximum absolute atomic E-state index is 13.1. The predicted molar refractivity (Wildman–Crippen MR) is 334 cm³/mol. The van der Waals surface area contributed by atoms with Crippen LogP contribution in [0.15, 0.2) is 23.5 Å². The minimum Gasteiger partial charge on any atom is -0.493 e. The monoisotopic (exact) mass is 1350 g/mol. The number of hydrogen-bond acceptors (Lipinski definition) is 25. The lowest BCUT2D eigenvalue weighted by atomic mass is 9.46. The van der Waals surface area contributed by atoms with Crippen LogP contribution in [0, 0.1) is 28.6 Å². The highest BCUT2D eigenvalue weighted by Crippen LogP contribution is 2.68. The number of methoxy groups -OCH3 is 6. The van der Waals surface area contributed by atoms with Gasteiger partial charge in [0.2, 0.25) is 6.29 Å². The summed E-state index contributed by atoms with van der Waals surface area (Å²) >= 11 is 0. The Balaban J connectivity index is 0.607. The van der Waals surface area contributed by atoms with Gasteiger partial charge in [0.25, 0.3) is 11.8 Å². The van der Waals surface area contributed by atoms with Gasteiger partial charge in [-0.3, -0.25) is 4.79 Å². The molecule has 1 unspecified atom stereocenters. The van der Waals surface area contributed by atoms with Gasteiger partial charge >= 0.3 is 0 Å². The molecule has 4 aliphatic carbocycles. The van der Waals surface area contributed by atoms with Crippen molar-refractivity contribution >= 4 is 5.78 Å². The Bertz CT molecular complexity index is 2640. The highest BCUT2D eigenvalue weighted by molar-refractivity contribution is 5.96. The van der Waals surface area contributed by atoms with Crippen LogP contribution >= 0.6 is 0 Å². The van der Waals surface area contributed by atoms with Gasteiger partial charge in [-0.1, -0.05) is 25.5 Å². The zero-order chi connectivity index (χ0) is 67.6. The standard InChI is InChI=1S/C70H112O25/c1-34-25-47(74-11)60(72)66(82-34)89-43-19-22-67(9)42(26-43)17-18-44-45(67)20-23-68(10)46(44)21-24-69(68,73)41(8)88-54-31-52-65(39(6)87-54)95-70(81-33-80-52)32-53(79-16)64(40(7)94-70)93-58-30-51(78-15)63(38(5)86-58)92-57-29-50(77-14)62(37(4)85-57)91-56-28-49(76-13)61(36(3)84-56)90-55-27-48(75-12)59(71)35(2)83-55/h17,25,34-41,43-46,48-59,61-66,71,73H,18-24,26-33H2,1-16H3/t34-,35-,36-,37-,38-,39-,40-,41+,43+,44-,45+,46+,48-,49+,50+,51+,52-,53-,54+,55+,56+,57+,58+,59-,61-,62-,63-,64-,65-,66?,67+,68+,69+,70-/m1/s1. The largest absolute Gasteiger partial charge is 0.493 e. The summed E-state index contributed by atoms with van der Waals surface area (Å²) in [5.74, 6) is -0.264. The summed E-state index contributed by atoms with van der Waals surface area (Å²) in [6, 6.07) is 0. The van der Waals surface area contributed by atoms with Crippen LogP contribution in [0.25, 0.3) is 0 Å². The van der Waals surface area contributed by atoms with E-state index in [0.717, 1.165) is 44.9 Å². The number of aliphatic hydroxyl groups excluding tert-OH is 1. The fraction of sp³-hybridized carbons (Fsp3) is 0.929. The SMILES string of the molecule is COC1=C[C@@H](C)OC(O[C@H]2CC[C@@]3(C)C(=CC[C@@H]4[C@@H]3CC[C@@]3(C)[C@H]4CC[C@]3(O)[C@H](C)O[C@H]3C[C@H]4OCO[C@@]5(C[C@@H](OC)[C@H](O[C@H]6C[C@H](OC)[C@H](O[C@H]7C[C@H](OC)[C@H](O[C@H]8C[C@H](OC)[C@H](O[C@H]9C[C@@H](OC)[C@H](O)[C@@H](C)O9)[C@@H](C)O8)[C@@H](C)O7)[C@@H](C)O6)[C@@H](C)O5)O[C@@H]4[C@@H](C)O3)C2)C1=O. The molecule has 12 rings (SSSR count). The molecule has 8 heterocycles. The van der Waals surface area contributed by atoms with Crippen molar-refractivity contribution in [1.29, 1.82) is 0 Å². The summed E-state index contributed by atoms with van der Waals surface area (Å²) in [4.78, 5) is 13.1. The van der Waals surface area contributed by atoms with Crippen molar-refractivity contribution in [3.8, 4) is 0 Å².